The van der Waals surface area contributed by atoms with Crippen molar-refractivity contribution in [3.05, 3.63) is 45.1 Å². The van der Waals surface area contributed by atoms with Crippen molar-refractivity contribution in [3.63, 3.8) is 0 Å². The van der Waals surface area contributed by atoms with E-state index >= 15 is 0 Å². The number of carbonyl (C=O) groups is 1. The Morgan fingerprint density at radius 1 is 1.22 bits per heavy atom. The number of thioether (sulfide) groups is 1. The van der Waals surface area contributed by atoms with E-state index in [9.17, 15) is 18.0 Å². The van der Waals surface area contributed by atoms with Gasteiger partial charge in [0.15, 0.2) is 5.58 Å². The molecule has 2 aromatic heterocycles. The molecular formula is C20H24N4O5S3. The van der Waals surface area contributed by atoms with Crippen molar-refractivity contribution in [1.29, 1.82) is 0 Å². The lowest BCUT2D eigenvalue weighted by molar-refractivity contribution is 0.102. The van der Waals surface area contributed by atoms with Crippen LogP contribution in [0.2, 0.25) is 0 Å². The van der Waals surface area contributed by atoms with Crippen LogP contribution >= 0.6 is 23.1 Å². The molecule has 4 rings (SSSR count). The van der Waals surface area contributed by atoms with Crippen LogP contribution in [0.5, 0.6) is 0 Å². The molecule has 12 heteroatoms. The third-order valence-corrected chi connectivity index (χ3v) is 9.05. The normalized spacial score (nSPS) is 15.5. The number of hydrogen-bond donors (Lipinski definition) is 1. The first-order valence-corrected chi connectivity index (χ1v) is 13.5. The predicted octanol–water partition coefficient (Wildman–Crippen LogP) is 2.21. The fourth-order valence-electron chi connectivity index (χ4n) is 3.43. The maximum absolute atomic E-state index is 13.1. The van der Waals surface area contributed by atoms with E-state index in [1.807, 2.05) is 19.0 Å². The minimum Gasteiger partial charge on any atom is -0.408 e. The maximum atomic E-state index is 13.1. The molecule has 1 amide bonds. The van der Waals surface area contributed by atoms with Crippen LogP contribution < -0.4 is 11.1 Å². The molecule has 0 aliphatic carbocycles. The molecule has 0 radical (unpaired) electrons. The molecule has 0 bridgehead atoms. The fraction of sp³-hybridized carbons (Fsp3) is 0.400. The van der Waals surface area contributed by atoms with Crippen molar-refractivity contribution in [2.45, 2.75) is 11.4 Å². The Hall–Kier alpha value is -2.12. The number of nitrogens with one attached hydrogen (secondary N) is 1. The second kappa shape index (κ2) is 9.40. The van der Waals surface area contributed by atoms with E-state index < -0.39 is 21.7 Å². The summed E-state index contributed by atoms with van der Waals surface area (Å²) >= 11 is 2.80. The Morgan fingerprint density at radius 2 is 1.97 bits per heavy atom. The second-order valence-corrected chi connectivity index (χ2v) is 11.6. The Labute approximate surface area is 194 Å². The quantitative estimate of drug-likeness (QED) is 0.535. The minimum absolute atomic E-state index is 0.0270. The first-order valence-electron chi connectivity index (χ1n) is 10.0. The van der Waals surface area contributed by atoms with Crippen molar-refractivity contribution in [3.8, 4) is 0 Å². The molecule has 1 aliphatic heterocycles. The number of anilines is 1. The molecule has 9 nitrogen and oxygen atoms in total. The number of amides is 1. The van der Waals surface area contributed by atoms with Crippen LogP contribution in [0.4, 0.5) is 5.69 Å². The molecule has 0 atom stereocenters. The molecule has 1 fully saturated rings. The summed E-state index contributed by atoms with van der Waals surface area (Å²) in [6, 6.07) is 6.39. The van der Waals surface area contributed by atoms with E-state index in [0.29, 0.717) is 43.0 Å². The van der Waals surface area contributed by atoms with Crippen LogP contribution in [0.3, 0.4) is 0 Å². The van der Waals surface area contributed by atoms with Gasteiger partial charge in [-0.3, -0.25) is 9.36 Å². The van der Waals surface area contributed by atoms with Gasteiger partial charge in [-0.15, -0.1) is 11.3 Å². The van der Waals surface area contributed by atoms with Crippen molar-refractivity contribution >= 4 is 55.8 Å². The van der Waals surface area contributed by atoms with Gasteiger partial charge in [-0.2, -0.15) is 16.1 Å². The van der Waals surface area contributed by atoms with Gasteiger partial charge in [0.2, 0.25) is 10.0 Å². The average molecular weight is 497 g/mol. The first kappa shape index (κ1) is 23.1. The van der Waals surface area contributed by atoms with Crippen LogP contribution in [0.1, 0.15) is 9.67 Å². The van der Waals surface area contributed by atoms with Crippen molar-refractivity contribution < 1.29 is 17.6 Å². The van der Waals surface area contributed by atoms with Gasteiger partial charge in [-0.25, -0.2) is 13.2 Å². The number of carbonyl (C=O) groups excluding carboxylic acids is 1. The van der Waals surface area contributed by atoms with Crippen molar-refractivity contribution in [2.24, 2.45) is 0 Å². The number of likely N-dealkylation sites (N-methyl/N-ethyl adjacent to an activating group) is 1. The largest absolute Gasteiger partial charge is 0.419 e. The Bertz CT molecular complexity index is 1290. The smallest absolute Gasteiger partial charge is 0.408 e. The molecule has 0 saturated carbocycles. The molecule has 1 saturated heterocycles. The van der Waals surface area contributed by atoms with Gasteiger partial charge in [-0.05, 0) is 43.7 Å². The molecule has 172 valence electrons. The summed E-state index contributed by atoms with van der Waals surface area (Å²) in [6.45, 7) is 1.96. The van der Waals surface area contributed by atoms with Crippen LogP contribution in [-0.4, -0.2) is 73.3 Å². The summed E-state index contributed by atoms with van der Waals surface area (Å²) < 4.78 is 34.4. The number of hydrogen-bond acceptors (Lipinski definition) is 8. The van der Waals surface area contributed by atoms with Crippen LogP contribution in [0.15, 0.2) is 43.8 Å². The lowest BCUT2D eigenvalue weighted by Gasteiger charge is -2.25. The highest BCUT2D eigenvalue weighted by Crippen LogP contribution is 2.28. The summed E-state index contributed by atoms with van der Waals surface area (Å²) in [5.41, 5.74) is 1.45. The van der Waals surface area contributed by atoms with Gasteiger partial charge in [-0.1, -0.05) is 0 Å². The third-order valence-electron chi connectivity index (χ3n) is 5.12. The van der Waals surface area contributed by atoms with Crippen molar-refractivity contribution in [1.82, 2.24) is 13.8 Å². The lowest BCUT2D eigenvalue weighted by atomic mass is 10.2. The molecule has 32 heavy (non-hydrogen) atoms. The monoisotopic (exact) mass is 496 g/mol. The molecule has 1 aromatic carbocycles. The van der Waals surface area contributed by atoms with E-state index in [2.05, 4.69) is 5.32 Å². The van der Waals surface area contributed by atoms with E-state index in [1.54, 1.807) is 35.3 Å². The molecule has 1 aliphatic rings. The number of aromatic nitrogens is 1. The number of rotatable bonds is 7. The van der Waals surface area contributed by atoms with Gasteiger partial charge in [0.1, 0.15) is 9.77 Å². The Kier molecular flexibility index (Phi) is 6.77. The highest BCUT2D eigenvalue weighted by Gasteiger charge is 2.31. The summed E-state index contributed by atoms with van der Waals surface area (Å²) in [5, 5.41) is 4.38. The minimum atomic E-state index is -3.74. The van der Waals surface area contributed by atoms with Gasteiger partial charge in [0.25, 0.3) is 5.91 Å². The van der Waals surface area contributed by atoms with E-state index in [0.717, 1.165) is 22.8 Å². The zero-order valence-corrected chi connectivity index (χ0v) is 20.2. The van der Waals surface area contributed by atoms with Gasteiger partial charge in [0, 0.05) is 43.4 Å². The predicted molar refractivity (Wildman–Crippen MR) is 127 cm³/mol. The highest BCUT2D eigenvalue weighted by molar-refractivity contribution is 7.99. The number of thiophene rings is 1. The zero-order chi connectivity index (χ0) is 22.9. The molecule has 1 N–H and O–H groups in total. The highest BCUT2D eigenvalue weighted by atomic mass is 32.2. The van der Waals surface area contributed by atoms with E-state index in [1.165, 1.54) is 14.9 Å². The molecule has 0 spiro atoms. The average Bonchev–Trinajstić information content (AvgIpc) is 3.37. The van der Waals surface area contributed by atoms with Crippen LogP contribution in [-0.2, 0) is 16.6 Å². The topological polar surface area (TPSA) is 105 Å². The Balaban J connectivity index is 1.59. The summed E-state index contributed by atoms with van der Waals surface area (Å²) in [7, 11) is 0.0864. The molecular weight excluding hydrogens is 472 g/mol. The van der Waals surface area contributed by atoms with Crippen LogP contribution in [0.25, 0.3) is 11.1 Å². The van der Waals surface area contributed by atoms with Crippen molar-refractivity contribution in [2.75, 3.05) is 50.6 Å². The Morgan fingerprint density at radius 3 is 2.69 bits per heavy atom. The summed E-state index contributed by atoms with van der Waals surface area (Å²) in [4.78, 5) is 27.3. The lowest BCUT2D eigenvalue weighted by Crippen LogP contribution is -2.38. The number of sulfonamides is 1. The summed E-state index contributed by atoms with van der Waals surface area (Å²) in [6.07, 6.45) is 0. The van der Waals surface area contributed by atoms with Crippen LogP contribution in [0, 0.1) is 0 Å². The standard InChI is InChI=1S/C20H24N4O5S3/c1-22(2)6-7-24-15-13-14(3-4-16(15)29-20(24)26)21-19(25)18-17(5-10-31-18)32(27,28)23-8-11-30-12-9-23/h3-5,10,13H,6-9,11-12H2,1-2H3,(H,21,25). The van der Waals surface area contributed by atoms with Gasteiger partial charge < -0.3 is 14.6 Å². The number of oxazole rings is 1. The number of benzene rings is 1. The zero-order valence-electron chi connectivity index (χ0n) is 17.7. The van der Waals surface area contributed by atoms with Gasteiger partial charge in [0.05, 0.1) is 5.52 Å². The summed E-state index contributed by atoms with van der Waals surface area (Å²) in [5.74, 6) is 0.516. The number of nitrogens with zero attached hydrogens (tertiary/aromatic N) is 3. The molecule has 0 unspecified atom stereocenters. The SMILES string of the molecule is CN(C)CCn1c(=O)oc2ccc(NC(=O)c3sccc3S(=O)(=O)N3CCSCC3)cc21. The second-order valence-electron chi connectivity index (χ2n) is 7.59. The van der Waals surface area contributed by atoms with E-state index in [-0.39, 0.29) is 9.77 Å². The maximum Gasteiger partial charge on any atom is 0.419 e. The molecule has 3 heterocycles. The first-order chi connectivity index (χ1) is 15.3. The van der Waals surface area contributed by atoms with E-state index in [4.69, 9.17) is 4.42 Å². The van der Waals surface area contributed by atoms with Gasteiger partial charge >= 0.3 is 5.76 Å². The molecule has 3 aromatic rings. The number of fused-ring (bicyclic) bond motifs is 1. The fourth-order valence-corrected chi connectivity index (χ4v) is 7.30. The third kappa shape index (κ3) is 4.64.